The molecule has 1 aromatic rings. The third-order valence-electron chi connectivity index (χ3n) is 4.22. The van der Waals surface area contributed by atoms with Crippen LogP contribution in [0.25, 0.3) is 0 Å². The molecular formula is C18H25N3O5S2. The topological polar surface area (TPSA) is 136 Å². The summed E-state index contributed by atoms with van der Waals surface area (Å²) in [7, 11) is 0. The van der Waals surface area contributed by atoms with E-state index in [2.05, 4.69) is 4.99 Å². The fraction of sp³-hybridized carbons (Fsp3) is 0.500. The number of thioether (sulfide) groups is 2. The first-order valence-electron chi connectivity index (χ1n) is 8.75. The maximum atomic E-state index is 13.0. The Morgan fingerprint density at radius 2 is 2.00 bits per heavy atom. The molecule has 1 aromatic carbocycles. The maximum Gasteiger partial charge on any atom is 0.323 e. The lowest BCUT2D eigenvalue weighted by Crippen LogP contribution is -2.47. The molecule has 0 radical (unpaired) electrons. The number of rotatable bonds is 11. The quantitative estimate of drug-likeness (QED) is 0.409. The molecule has 1 aliphatic heterocycles. The highest BCUT2D eigenvalue weighted by Gasteiger charge is 2.42. The molecule has 0 saturated heterocycles. The van der Waals surface area contributed by atoms with Crippen LogP contribution in [0.3, 0.4) is 0 Å². The summed E-state index contributed by atoms with van der Waals surface area (Å²) >= 11 is 2.97. The van der Waals surface area contributed by atoms with E-state index in [0.29, 0.717) is 18.0 Å². The summed E-state index contributed by atoms with van der Waals surface area (Å²) in [6.45, 7) is -0.559. The summed E-state index contributed by atoms with van der Waals surface area (Å²) in [5.41, 5.74) is 6.96. The van der Waals surface area contributed by atoms with Crippen LogP contribution in [0.15, 0.2) is 29.3 Å². The highest BCUT2D eigenvalue weighted by Crippen LogP contribution is 2.37. The number of hydrogen-bond acceptors (Lipinski definition) is 8. The average Bonchev–Trinajstić information content (AvgIpc) is 2.97. The fourth-order valence-electron chi connectivity index (χ4n) is 2.91. The van der Waals surface area contributed by atoms with E-state index < -0.39 is 35.8 Å². The van der Waals surface area contributed by atoms with Crippen LogP contribution in [-0.2, 0) is 9.59 Å². The highest BCUT2D eigenvalue weighted by atomic mass is 32.2. The van der Waals surface area contributed by atoms with Crippen LogP contribution in [0.1, 0.15) is 17.2 Å². The normalized spacial score (nSPS) is 18.8. The number of nitrogens with zero attached hydrogens (tertiary/aromatic N) is 2. The second kappa shape index (κ2) is 10.7. The number of carboxylic acid groups (broad SMARTS) is 1. The summed E-state index contributed by atoms with van der Waals surface area (Å²) in [5.74, 6) is -0.00962. The monoisotopic (exact) mass is 427 g/mol. The average molecular weight is 428 g/mol. The van der Waals surface area contributed by atoms with Crippen molar-refractivity contribution in [3.05, 3.63) is 29.8 Å². The molecule has 3 atom stereocenters. The summed E-state index contributed by atoms with van der Waals surface area (Å²) in [6, 6.07) is 5.05. The van der Waals surface area contributed by atoms with Crippen molar-refractivity contribution >= 4 is 41.2 Å². The summed E-state index contributed by atoms with van der Waals surface area (Å²) in [4.78, 5) is 30.0. The van der Waals surface area contributed by atoms with Gasteiger partial charge < -0.3 is 21.1 Å². The van der Waals surface area contributed by atoms with Crippen molar-refractivity contribution in [3.8, 4) is 5.75 Å². The number of aliphatic carboxylic acids is 1. The number of aliphatic hydroxyl groups is 1. The number of aliphatic hydroxyl groups excluding tert-OH is 1. The number of nitrogens with two attached hydrogens (primary N) is 1. The van der Waals surface area contributed by atoms with Gasteiger partial charge in [-0.3, -0.25) is 19.5 Å². The van der Waals surface area contributed by atoms with E-state index >= 15 is 0 Å². The minimum Gasteiger partial charge on any atom is -0.508 e. The minimum absolute atomic E-state index is 0.0667. The van der Waals surface area contributed by atoms with E-state index in [0.717, 1.165) is 16.2 Å². The van der Waals surface area contributed by atoms with Gasteiger partial charge in [-0.15, -0.1) is 11.8 Å². The molecule has 1 heterocycles. The maximum absolute atomic E-state index is 13.0. The summed E-state index contributed by atoms with van der Waals surface area (Å²) in [6.07, 6.45) is 2.52. The number of aromatic hydroxyl groups is 1. The zero-order valence-electron chi connectivity index (χ0n) is 15.5. The molecule has 0 bridgehead atoms. The first-order chi connectivity index (χ1) is 13.4. The van der Waals surface area contributed by atoms with E-state index in [1.807, 2.05) is 6.26 Å². The summed E-state index contributed by atoms with van der Waals surface area (Å²) in [5, 5.41) is 27.6. The van der Waals surface area contributed by atoms with Gasteiger partial charge in [0.15, 0.2) is 0 Å². The Morgan fingerprint density at radius 3 is 2.57 bits per heavy atom. The van der Waals surface area contributed by atoms with Crippen molar-refractivity contribution in [1.82, 2.24) is 4.90 Å². The molecule has 0 aromatic heterocycles. The van der Waals surface area contributed by atoms with E-state index in [4.69, 9.17) is 5.73 Å². The Labute approximate surface area is 172 Å². The van der Waals surface area contributed by atoms with Crippen LogP contribution >= 0.6 is 23.5 Å². The molecule has 1 amide bonds. The number of phenols is 1. The van der Waals surface area contributed by atoms with Crippen LogP contribution in [0.4, 0.5) is 0 Å². The molecule has 0 saturated carbocycles. The van der Waals surface area contributed by atoms with Crippen LogP contribution in [0.2, 0.25) is 0 Å². The second-order valence-electron chi connectivity index (χ2n) is 6.24. The number of amides is 1. The smallest absolute Gasteiger partial charge is 0.323 e. The Morgan fingerprint density at radius 1 is 1.32 bits per heavy atom. The van der Waals surface area contributed by atoms with Crippen LogP contribution in [0, 0.1) is 0 Å². The molecule has 5 N–H and O–H groups in total. The van der Waals surface area contributed by atoms with Crippen molar-refractivity contribution in [1.29, 1.82) is 0 Å². The molecule has 8 nitrogen and oxygen atoms in total. The lowest BCUT2D eigenvalue weighted by atomic mass is 10.1. The molecule has 2 rings (SSSR count). The first-order valence-corrected chi connectivity index (χ1v) is 11.2. The van der Waals surface area contributed by atoms with Gasteiger partial charge in [-0.05, 0) is 36.1 Å². The summed E-state index contributed by atoms with van der Waals surface area (Å²) < 4.78 is 0. The van der Waals surface area contributed by atoms with Gasteiger partial charge in [0.25, 0.3) is 5.91 Å². The standard InChI is InChI=1S/C18H25N3O5S2/c1-27-8-6-13(19)17-20-15(18(26)21(17)10-14(24)25)16(28-9-7-22)11-2-4-12(23)5-3-11/h2-5,13,15-16,22-23H,6-10,19H2,1H3,(H,24,25)/t13?,15?,16-/m0/s1. The van der Waals surface area contributed by atoms with Gasteiger partial charge in [-0.1, -0.05) is 12.1 Å². The third-order valence-corrected chi connectivity index (χ3v) is 6.17. The van der Waals surface area contributed by atoms with Gasteiger partial charge in [0.1, 0.15) is 24.2 Å². The number of hydrogen-bond donors (Lipinski definition) is 4. The highest BCUT2D eigenvalue weighted by molar-refractivity contribution is 7.99. The lowest BCUT2D eigenvalue weighted by molar-refractivity contribution is -0.141. The van der Waals surface area contributed by atoms with Gasteiger partial charge >= 0.3 is 5.97 Å². The van der Waals surface area contributed by atoms with Gasteiger partial charge in [-0.2, -0.15) is 11.8 Å². The van der Waals surface area contributed by atoms with Crippen LogP contribution < -0.4 is 5.73 Å². The second-order valence-corrected chi connectivity index (χ2v) is 8.48. The van der Waals surface area contributed by atoms with Gasteiger partial charge in [0.05, 0.1) is 17.9 Å². The number of phenolic OH excluding ortho intramolecular Hbond substituents is 1. The van der Waals surface area contributed by atoms with Crippen molar-refractivity contribution in [2.75, 3.05) is 30.9 Å². The SMILES string of the molecule is CSCCC(N)C1=NC([C@@H](SCCO)c2ccc(O)cc2)C(=O)N1CC(=O)O. The Bertz CT molecular complexity index is 714. The third kappa shape index (κ3) is 5.63. The minimum atomic E-state index is -1.14. The van der Waals surface area contributed by atoms with Crippen molar-refractivity contribution in [2.45, 2.75) is 23.8 Å². The molecule has 28 heavy (non-hydrogen) atoms. The Hall–Kier alpha value is -1.75. The molecule has 154 valence electrons. The predicted octanol–water partition coefficient (Wildman–Crippen LogP) is 0.933. The Kier molecular flexibility index (Phi) is 8.61. The number of aliphatic imine (C=N–C) groups is 1. The van der Waals surface area contributed by atoms with Crippen molar-refractivity contribution in [2.24, 2.45) is 10.7 Å². The van der Waals surface area contributed by atoms with Gasteiger partial charge in [0, 0.05) is 5.75 Å². The van der Waals surface area contributed by atoms with E-state index in [-0.39, 0.29) is 12.4 Å². The number of carbonyl (C=O) groups is 2. The molecule has 1 aliphatic rings. The zero-order valence-corrected chi connectivity index (χ0v) is 17.2. The van der Waals surface area contributed by atoms with E-state index in [1.165, 1.54) is 23.9 Å². The number of amidine groups is 1. The van der Waals surface area contributed by atoms with E-state index in [9.17, 15) is 24.9 Å². The van der Waals surface area contributed by atoms with Crippen molar-refractivity contribution < 1.29 is 24.9 Å². The Balaban J connectivity index is 2.37. The molecule has 0 spiro atoms. The zero-order chi connectivity index (χ0) is 20.7. The molecule has 0 fully saturated rings. The lowest BCUT2D eigenvalue weighted by Gasteiger charge is -2.23. The molecule has 10 heteroatoms. The van der Waals surface area contributed by atoms with Crippen molar-refractivity contribution in [3.63, 3.8) is 0 Å². The van der Waals surface area contributed by atoms with Gasteiger partial charge in [0.2, 0.25) is 0 Å². The number of carbonyl (C=O) groups excluding carboxylic acids is 1. The van der Waals surface area contributed by atoms with E-state index in [1.54, 1.807) is 23.9 Å². The van der Waals surface area contributed by atoms with Crippen LogP contribution in [-0.4, -0.2) is 80.9 Å². The van der Waals surface area contributed by atoms with Crippen LogP contribution in [0.5, 0.6) is 5.75 Å². The molecule has 2 unspecified atom stereocenters. The number of benzene rings is 1. The largest absolute Gasteiger partial charge is 0.508 e. The molecule has 0 aliphatic carbocycles. The molecular weight excluding hydrogens is 402 g/mol. The fourth-order valence-corrected chi connectivity index (χ4v) is 4.47. The number of carboxylic acids is 1. The predicted molar refractivity (Wildman–Crippen MR) is 112 cm³/mol. The first kappa shape index (κ1) is 22.5. The van der Waals surface area contributed by atoms with Gasteiger partial charge in [-0.25, -0.2) is 0 Å².